The number of anilines is 1. The van der Waals surface area contributed by atoms with Crippen molar-refractivity contribution in [2.45, 2.75) is 43.8 Å². The zero-order chi connectivity index (χ0) is 33.8. The van der Waals surface area contributed by atoms with Crippen molar-refractivity contribution in [2.24, 2.45) is 22.2 Å². The zero-order valence-corrected chi connectivity index (χ0v) is 27.5. The van der Waals surface area contributed by atoms with Gasteiger partial charge in [-0.1, -0.05) is 60.7 Å². The standard InChI is InChI=1S/C35H49N9O3/c1-42(24-32(46)40-22-31(45)41-30(33(36)47)16-9-19-39-34(37)38)25-35(43(2)28-13-4-3-5-14-28)17-20-44(21-18-35)23-27-12-8-11-26-10-6-7-15-29(26)27/h3-8,10-15,30H,9,16-25H2,1-2H3,(H2,36,47)(H,40,46)(H,41,45)(H4,37,38,39). The number of carbonyl (C=O) groups excluding carboxylic acids is 3. The fourth-order valence-corrected chi connectivity index (χ4v) is 6.40. The molecule has 1 heterocycles. The number of para-hydroxylation sites is 1. The number of nitrogens with one attached hydrogen (secondary N) is 2. The number of primary amides is 1. The molecule has 1 atom stereocenters. The van der Waals surface area contributed by atoms with E-state index >= 15 is 0 Å². The van der Waals surface area contributed by atoms with Gasteiger partial charge < -0.3 is 32.7 Å². The number of piperidine rings is 1. The third-order valence-electron chi connectivity index (χ3n) is 8.96. The van der Waals surface area contributed by atoms with Gasteiger partial charge in [0.2, 0.25) is 17.7 Å². The van der Waals surface area contributed by atoms with E-state index < -0.39 is 17.9 Å². The smallest absolute Gasteiger partial charge is 0.240 e. The Morgan fingerprint density at radius 3 is 2.30 bits per heavy atom. The first-order chi connectivity index (χ1) is 22.6. The monoisotopic (exact) mass is 643 g/mol. The molecule has 0 aliphatic carbocycles. The third-order valence-corrected chi connectivity index (χ3v) is 8.96. The molecule has 4 rings (SSSR count). The average molecular weight is 644 g/mol. The van der Waals surface area contributed by atoms with Crippen LogP contribution < -0.4 is 32.7 Å². The van der Waals surface area contributed by atoms with E-state index in [2.05, 4.69) is 87.1 Å². The second kappa shape index (κ2) is 16.8. The number of rotatable bonds is 16. The summed E-state index contributed by atoms with van der Waals surface area (Å²) in [5.74, 6) is -1.48. The molecule has 1 unspecified atom stereocenters. The molecular formula is C35H49N9O3. The van der Waals surface area contributed by atoms with Crippen molar-refractivity contribution in [1.29, 1.82) is 0 Å². The van der Waals surface area contributed by atoms with E-state index in [1.165, 1.54) is 16.3 Å². The van der Waals surface area contributed by atoms with Crippen LogP contribution in [0.15, 0.2) is 77.8 Å². The van der Waals surface area contributed by atoms with Crippen LogP contribution in [0.4, 0.5) is 5.69 Å². The molecule has 3 amide bonds. The van der Waals surface area contributed by atoms with Gasteiger partial charge in [0.15, 0.2) is 5.96 Å². The number of likely N-dealkylation sites (tertiary alicyclic amines) is 1. The second-order valence-corrected chi connectivity index (χ2v) is 12.5. The van der Waals surface area contributed by atoms with Crippen LogP contribution in [0.1, 0.15) is 31.2 Å². The first kappa shape index (κ1) is 35.2. The van der Waals surface area contributed by atoms with Gasteiger partial charge in [-0.25, -0.2) is 0 Å². The molecule has 12 nitrogen and oxygen atoms in total. The molecular weight excluding hydrogens is 594 g/mol. The fraction of sp³-hybridized carbons (Fsp3) is 0.429. The normalized spacial score (nSPS) is 15.1. The Morgan fingerprint density at radius 1 is 0.915 bits per heavy atom. The minimum absolute atomic E-state index is 0.0441. The highest BCUT2D eigenvalue weighted by Crippen LogP contribution is 2.34. The summed E-state index contributed by atoms with van der Waals surface area (Å²) < 4.78 is 0. The van der Waals surface area contributed by atoms with Gasteiger partial charge in [-0.15, -0.1) is 0 Å². The Labute approximate surface area is 277 Å². The summed E-state index contributed by atoms with van der Waals surface area (Å²) in [6.45, 7) is 3.58. The average Bonchev–Trinajstić information content (AvgIpc) is 3.06. The lowest BCUT2D eigenvalue weighted by Crippen LogP contribution is -2.60. The van der Waals surface area contributed by atoms with Crippen LogP contribution in [0.2, 0.25) is 0 Å². The molecule has 8 N–H and O–H groups in total. The van der Waals surface area contributed by atoms with Crippen molar-refractivity contribution in [3.8, 4) is 0 Å². The Bertz CT molecular complexity index is 1510. The fourth-order valence-electron chi connectivity index (χ4n) is 6.40. The number of fused-ring (bicyclic) bond motifs is 1. The van der Waals surface area contributed by atoms with Gasteiger partial charge in [-0.05, 0) is 61.2 Å². The Balaban J connectivity index is 1.33. The minimum atomic E-state index is -0.879. The molecule has 0 radical (unpaired) electrons. The van der Waals surface area contributed by atoms with Crippen molar-refractivity contribution in [3.05, 3.63) is 78.4 Å². The van der Waals surface area contributed by atoms with E-state index in [4.69, 9.17) is 17.2 Å². The maximum absolute atomic E-state index is 12.9. The number of nitrogens with zero attached hydrogens (tertiary/aromatic N) is 4. The number of amides is 3. The molecule has 12 heteroatoms. The van der Waals surface area contributed by atoms with Gasteiger partial charge >= 0.3 is 0 Å². The molecule has 252 valence electrons. The van der Waals surface area contributed by atoms with E-state index in [-0.39, 0.29) is 36.9 Å². The van der Waals surface area contributed by atoms with Gasteiger partial charge in [0.1, 0.15) is 6.04 Å². The summed E-state index contributed by atoms with van der Waals surface area (Å²) in [6.07, 6.45) is 2.60. The highest BCUT2D eigenvalue weighted by atomic mass is 16.2. The van der Waals surface area contributed by atoms with Gasteiger partial charge in [-0.3, -0.25) is 29.2 Å². The Hall–Kier alpha value is -4.68. The number of likely N-dealkylation sites (N-methyl/N-ethyl adjacent to an activating group) is 2. The molecule has 1 aliphatic heterocycles. The Morgan fingerprint density at radius 2 is 1.60 bits per heavy atom. The third kappa shape index (κ3) is 10.2. The zero-order valence-electron chi connectivity index (χ0n) is 27.5. The van der Waals surface area contributed by atoms with E-state index in [9.17, 15) is 14.4 Å². The van der Waals surface area contributed by atoms with Crippen molar-refractivity contribution in [1.82, 2.24) is 20.4 Å². The van der Waals surface area contributed by atoms with Crippen LogP contribution in [-0.2, 0) is 20.9 Å². The summed E-state index contributed by atoms with van der Waals surface area (Å²) in [5, 5.41) is 7.81. The highest BCUT2D eigenvalue weighted by molar-refractivity contribution is 5.90. The van der Waals surface area contributed by atoms with Crippen LogP contribution in [0.25, 0.3) is 10.8 Å². The molecule has 1 fully saturated rings. The van der Waals surface area contributed by atoms with Gasteiger partial charge in [0.05, 0.1) is 18.6 Å². The van der Waals surface area contributed by atoms with Crippen molar-refractivity contribution in [3.63, 3.8) is 0 Å². The minimum Gasteiger partial charge on any atom is -0.370 e. The van der Waals surface area contributed by atoms with Gasteiger partial charge in [0, 0.05) is 45.5 Å². The van der Waals surface area contributed by atoms with E-state index in [1.54, 1.807) is 0 Å². The lowest BCUT2D eigenvalue weighted by atomic mass is 9.84. The summed E-state index contributed by atoms with van der Waals surface area (Å²) in [7, 11) is 4.07. The maximum atomic E-state index is 12.9. The molecule has 1 saturated heterocycles. The summed E-state index contributed by atoms with van der Waals surface area (Å²) in [4.78, 5) is 48.0. The van der Waals surface area contributed by atoms with Crippen molar-refractivity contribution < 1.29 is 14.4 Å². The summed E-state index contributed by atoms with van der Waals surface area (Å²) in [5.41, 5.74) is 18.3. The number of hydrogen-bond donors (Lipinski definition) is 5. The first-order valence-electron chi connectivity index (χ1n) is 16.1. The lowest BCUT2D eigenvalue weighted by Gasteiger charge is -2.50. The molecule has 3 aromatic rings. The predicted octanol–water partition coefficient (Wildman–Crippen LogP) is 1.38. The number of hydrogen-bond acceptors (Lipinski definition) is 7. The topological polar surface area (TPSA) is 175 Å². The molecule has 47 heavy (non-hydrogen) atoms. The van der Waals surface area contributed by atoms with E-state index in [0.29, 0.717) is 19.5 Å². The molecule has 0 spiro atoms. The molecule has 0 saturated carbocycles. The maximum Gasteiger partial charge on any atom is 0.240 e. The quantitative estimate of drug-likeness (QED) is 0.0884. The molecule has 1 aliphatic rings. The van der Waals surface area contributed by atoms with E-state index in [1.807, 2.05) is 30.1 Å². The highest BCUT2D eigenvalue weighted by Gasteiger charge is 2.39. The Kier molecular flexibility index (Phi) is 12.5. The number of aliphatic imine (C=N–C) groups is 1. The largest absolute Gasteiger partial charge is 0.370 e. The van der Waals surface area contributed by atoms with Crippen LogP contribution in [0.3, 0.4) is 0 Å². The SMILES string of the molecule is CN(CC(=O)NCC(=O)NC(CCCN=C(N)N)C(N)=O)CC1(N(C)c2ccccc2)CCN(Cc2cccc3ccccc23)CC1. The number of carbonyl (C=O) groups is 3. The van der Waals surface area contributed by atoms with Gasteiger partial charge in [-0.2, -0.15) is 0 Å². The van der Waals surface area contributed by atoms with Crippen molar-refractivity contribution >= 4 is 40.1 Å². The molecule has 0 bridgehead atoms. The molecule has 3 aromatic carbocycles. The van der Waals surface area contributed by atoms with Crippen LogP contribution in [0.5, 0.6) is 0 Å². The second-order valence-electron chi connectivity index (χ2n) is 12.5. The van der Waals surface area contributed by atoms with E-state index in [0.717, 1.165) is 38.2 Å². The van der Waals surface area contributed by atoms with Crippen LogP contribution in [0, 0.1) is 0 Å². The molecule has 0 aromatic heterocycles. The van der Waals surface area contributed by atoms with Crippen LogP contribution >= 0.6 is 0 Å². The first-order valence-corrected chi connectivity index (χ1v) is 16.1. The van der Waals surface area contributed by atoms with Gasteiger partial charge in [0.25, 0.3) is 0 Å². The van der Waals surface area contributed by atoms with Crippen LogP contribution in [-0.4, -0.2) is 98.4 Å². The number of guanidine groups is 1. The number of nitrogens with two attached hydrogens (primary N) is 3. The van der Waals surface area contributed by atoms with Crippen molar-refractivity contribution in [2.75, 3.05) is 58.3 Å². The summed E-state index contributed by atoms with van der Waals surface area (Å²) >= 11 is 0. The number of benzene rings is 3. The predicted molar refractivity (Wildman–Crippen MR) is 188 cm³/mol. The summed E-state index contributed by atoms with van der Waals surface area (Å²) in [6, 6.07) is 24.5. The lowest BCUT2D eigenvalue weighted by molar-refractivity contribution is -0.129.